The van der Waals surface area contributed by atoms with Gasteiger partial charge in [0.05, 0.1) is 12.0 Å². The van der Waals surface area contributed by atoms with Crippen LogP contribution in [0.4, 0.5) is 0 Å². The number of thiophene rings is 1. The van der Waals surface area contributed by atoms with Crippen LogP contribution in [0.1, 0.15) is 31.1 Å². The number of esters is 1. The molecule has 0 radical (unpaired) electrons. The third kappa shape index (κ3) is 3.12. The highest BCUT2D eigenvalue weighted by molar-refractivity contribution is 7.09. The van der Waals surface area contributed by atoms with Crippen LogP contribution in [-0.2, 0) is 16.0 Å². The number of rotatable bonds is 5. The van der Waals surface area contributed by atoms with Crippen molar-refractivity contribution in [1.29, 1.82) is 0 Å². The van der Waals surface area contributed by atoms with Gasteiger partial charge in [0, 0.05) is 11.3 Å². The molecular weight excluding hydrogens is 246 g/mol. The van der Waals surface area contributed by atoms with Gasteiger partial charge in [-0.15, -0.1) is 11.3 Å². The summed E-state index contributed by atoms with van der Waals surface area (Å²) in [5, 5.41) is 5.35. The van der Waals surface area contributed by atoms with Crippen LogP contribution in [0.25, 0.3) is 0 Å². The molecule has 2 rings (SSSR count). The Labute approximate surface area is 113 Å². The van der Waals surface area contributed by atoms with Crippen molar-refractivity contribution in [3.63, 3.8) is 0 Å². The van der Waals surface area contributed by atoms with Crippen molar-refractivity contribution in [1.82, 2.24) is 5.32 Å². The zero-order valence-corrected chi connectivity index (χ0v) is 11.7. The van der Waals surface area contributed by atoms with Gasteiger partial charge in [0.1, 0.15) is 0 Å². The first kappa shape index (κ1) is 13.6. The van der Waals surface area contributed by atoms with Crippen molar-refractivity contribution in [3.05, 3.63) is 22.4 Å². The number of ether oxygens (including phenoxy) is 1. The van der Waals surface area contributed by atoms with Crippen molar-refractivity contribution in [2.45, 2.75) is 32.6 Å². The third-order valence-corrected chi connectivity index (χ3v) is 4.77. The van der Waals surface area contributed by atoms with Crippen molar-refractivity contribution >= 4 is 17.3 Å². The van der Waals surface area contributed by atoms with Gasteiger partial charge < -0.3 is 10.1 Å². The maximum Gasteiger partial charge on any atom is 0.312 e. The number of hydrogen-bond donors (Lipinski definition) is 1. The van der Waals surface area contributed by atoms with E-state index in [-0.39, 0.29) is 11.4 Å². The van der Waals surface area contributed by atoms with Crippen molar-refractivity contribution in [2.24, 2.45) is 5.41 Å². The summed E-state index contributed by atoms with van der Waals surface area (Å²) in [5.41, 5.74) is -0.235. The Morgan fingerprint density at radius 2 is 2.28 bits per heavy atom. The number of piperidine rings is 1. The monoisotopic (exact) mass is 267 g/mol. The molecule has 1 fully saturated rings. The fourth-order valence-electron chi connectivity index (χ4n) is 2.46. The number of hydrogen-bond acceptors (Lipinski definition) is 4. The number of carbonyl (C=O) groups excluding carboxylic acids is 1. The molecule has 0 saturated carbocycles. The molecular formula is C14H21NO2S. The Bertz CT molecular complexity index is 369. The molecule has 1 saturated heterocycles. The maximum atomic E-state index is 12.2. The molecule has 0 spiro atoms. The standard InChI is InChI=1S/C14H21NO2S/c1-2-14(6-8-15-9-7-14)13(16)17-10-5-12-4-3-11-18-12/h3-4,11,15H,2,5-10H2,1H3. The number of carbonyl (C=O) groups is 1. The smallest absolute Gasteiger partial charge is 0.312 e. The van der Waals surface area contributed by atoms with Crippen molar-refractivity contribution in [2.75, 3.05) is 19.7 Å². The first-order chi connectivity index (χ1) is 8.77. The van der Waals surface area contributed by atoms with Gasteiger partial charge in [0.25, 0.3) is 0 Å². The SMILES string of the molecule is CCC1(C(=O)OCCc2cccs2)CCNCC1. The van der Waals surface area contributed by atoms with E-state index in [9.17, 15) is 4.79 Å². The van der Waals surface area contributed by atoms with Crippen LogP contribution in [0.5, 0.6) is 0 Å². The van der Waals surface area contributed by atoms with Gasteiger partial charge in [0.15, 0.2) is 0 Å². The van der Waals surface area contributed by atoms with Crippen LogP contribution in [0.15, 0.2) is 17.5 Å². The molecule has 0 aliphatic carbocycles. The van der Waals surface area contributed by atoms with E-state index in [1.54, 1.807) is 11.3 Å². The molecule has 18 heavy (non-hydrogen) atoms. The van der Waals surface area contributed by atoms with E-state index in [0.29, 0.717) is 6.61 Å². The number of nitrogens with one attached hydrogen (secondary N) is 1. The minimum absolute atomic E-state index is 0.00283. The predicted molar refractivity (Wildman–Crippen MR) is 73.8 cm³/mol. The summed E-state index contributed by atoms with van der Waals surface area (Å²) in [6.45, 7) is 4.45. The van der Waals surface area contributed by atoms with Crippen molar-refractivity contribution < 1.29 is 9.53 Å². The highest BCUT2D eigenvalue weighted by atomic mass is 32.1. The van der Waals surface area contributed by atoms with E-state index < -0.39 is 0 Å². The van der Waals surface area contributed by atoms with Crippen LogP contribution in [0, 0.1) is 5.41 Å². The fraction of sp³-hybridized carbons (Fsp3) is 0.643. The Kier molecular flexibility index (Phi) is 4.78. The van der Waals surface area contributed by atoms with E-state index in [4.69, 9.17) is 4.74 Å². The summed E-state index contributed by atoms with van der Waals surface area (Å²) in [5.74, 6) is 0.00283. The quantitative estimate of drug-likeness (QED) is 0.833. The minimum atomic E-state index is -0.235. The van der Waals surface area contributed by atoms with Gasteiger partial charge in [-0.25, -0.2) is 0 Å². The van der Waals surface area contributed by atoms with Crippen LogP contribution in [-0.4, -0.2) is 25.7 Å². The lowest BCUT2D eigenvalue weighted by Gasteiger charge is -2.34. The summed E-state index contributed by atoms with van der Waals surface area (Å²) in [6, 6.07) is 4.11. The fourth-order valence-corrected chi connectivity index (χ4v) is 3.15. The van der Waals surface area contributed by atoms with E-state index in [0.717, 1.165) is 38.8 Å². The molecule has 1 aliphatic rings. The Morgan fingerprint density at radius 3 is 2.89 bits per heavy atom. The van der Waals surface area contributed by atoms with E-state index >= 15 is 0 Å². The zero-order chi connectivity index (χ0) is 12.8. The van der Waals surface area contributed by atoms with E-state index in [2.05, 4.69) is 23.7 Å². The first-order valence-corrected chi connectivity index (χ1v) is 7.55. The highest BCUT2D eigenvalue weighted by Crippen LogP contribution is 2.33. The molecule has 0 atom stereocenters. The zero-order valence-electron chi connectivity index (χ0n) is 10.9. The van der Waals surface area contributed by atoms with Gasteiger partial charge in [-0.1, -0.05) is 13.0 Å². The van der Waals surface area contributed by atoms with Crippen LogP contribution in [0.3, 0.4) is 0 Å². The van der Waals surface area contributed by atoms with E-state index in [1.165, 1.54) is 4.88 Å². The summed E-state index contributed by atoms with van der Waals surface area (Å²) in [6.07, 6.45) is 3.52. The lowest BCUT2D eigenvalue weighted by atomic mass is 9.77. The lowest BCUT2D eigenvalue weighted by molar-refractivity contribution is -0.157. The molecule has 1 aliphatic heterocycles. The second-order valence-corrected chi connectivity index (χ2v) is 5.88. The highest BCUT2D eigenvalue weighted by Gasteiger charge is 2.39. The minimum Gasteiger partial charge on any atom is -0.465 e. The lowest BCUT2D eigenvalue weighted by Crippen LogP contribution is -2.42. The molecule has 100 valence electrons. The molecule has 1 aromatic heterocycles. The largest absolute Gasteiger partial charge is 0.465 e. The molecule has 1 aromatic rings. The van der Waals surface area contributed by atoms with Crippen LogP contribution in [0.2, 0.25) is 0 Å². The Balaban J connectivity index is 1.82. The van der Waals surface area contributed by atoms with Crippen LogP contribution >= 0.6 is 11.3 Å². The average molecular weight is 267 g/mol. The molecule has 0 amide bonds. The van der Waals surface area contributed by atoms with Crippen molar-refractivity contribution in [3.8, 4) is 0 Å². The molecule has 1 N–H and O–H groups in total. The van der Waals surface area contributed by atoms with Gasteiger partial charge in [-0.2, -0.15) is 0 Å². The summed E-state index contributed by atoms with van der Waals surface area (Å²) in [7, 11) is 0. The average Bonchev–Trinajstić information content (AvgIpc) is 2.92. The first-order valence-electron chi connectivity index (χ1n) is 6.67. The summed E-state index contributed by atoms with van der Waals surface area (Å²) in [4.78, 5) is 13.5. The third-order valence-electron chi connectivity index (χ3n) is 3.83. The normalized spacial score (nSPS) is 18.5. The molecule has 0 bridgehead atoms. The molecule has 3 nitrogen and oxygen atoms in total. The molecule has 4 heteroatoms. The van der Waals surface area contributed by atoms with E-state index in [1.807, 2.05) is 6.07 Å². The van der Waals surface area contributed by atoms with Gasteiger partial charge in [-0.3, -0.25) is 4.79 Å². The van der Waals surface area contributed by atoms with Gasteiger partial charge in [0.2, 0.25) is 0 Å². The topological polar surface area (TPSA) is 38.3 Å². The van der Waals surface area contributed by atoms with Crippen LogP contribution < -0.4 is 5.32 Å². The Morgan fingerprint density at radius 1 is 1.50 bits per heavy atom. The molecule has 0 aromatic carbocycles. The second-order valence-electron chi connectivity index (χ2n) is 4.85. The van der Waals surface area contributed by atoms with Gasteiger partial charge in [-0.05, 0) is 43.8 Å². The second kappa shape index (κ2) is 6.34. The Hall–Kier alpha value is -0.870. The molecule has 0 unspecified atom stereocenters. The molecule has 2 heterocycles. The van der Waals surface area contributed by atoms with Gasteiger partial charge >= 0.3 is 5.97 Å². The summed E-state index contributed by atoms with van der Waals surface area (Å²) >= 11 is 1.71. The maximum absolute atomic E-state index is 12.2. The predicted octanol–water partition coefficient (Wildman–Crippen LogP) is 2.61. The summed E-state index contributed by atoms with van der Waals surface area (Å²) < 4.78 is 5.49.